The van der Waals surface area contributed by atoms with Crippen molar-refractivity contribution in [2.75, 3.05) is 13.2 Å². The van der Waals surface area contributed by atoms with Gasteiger partial charge in [0.05, 0.1) is 11.8 Å². The van der Waals surface area contributed by atoms with Gasteiger partial charge in [-0.2, -0.15) is 0 Å². The van der Waals surface area contributed by atoms with Gasteiger partial charge in [-0.15, -0.1) is 0 Å². The predicted molar refractivity (Wildman–Crippen MR) is 96.4 cm³/mol. The second-order valence-electron chi connectivity index (χ2n) is 6.15. The number of hydrogen-bond acceptors (Lipinski definition) is 7. The maximum absolute atomic E-state index is 12.5. The largest absolute Gasteiger partial charge is 0.465 e. The Balaban J connectivity index is 2.79. The number of carbonyl (C=O) groups excluding carboxylic acids is 4. The molecule has 0 fully saturated rings. The van der Waals surface area contributed by atoms with Gasteiger partial charge in [-0.25, -0.2) is 0 Å². The van der Waals surface area contributed by atoms with Crippen LogP contribution in [-0.2, 0) is 40.0 Å². The van der Waals surface area contributed by atoms with Gasteiger partial charge in [-0.3, -0.25) is 19.2 Å². The molecule has 0 amide bonds. The average Bonchev–Trinajstić information content (AvgIpc) is 2.65. The van der Waals surface area contributed by atoms with Gasteiger partial charge in [0.25, 0.3) is 0 Å². The zero-order valence-corrected chi connectivity index (χ0v) is 15.9. The molecule has 0 saturated carbocycles. The van der Waals surface area contributed by atoms with Crippen molar-refractivity contribution < 1.29 is 33.4 Å². The van der Waals surface area contributed by atoms with E-state index in [2.05, 4.69) is 0 Å². The molecule has 0 bridgehead atoms. The summed E-state index contributed by atoms with van der Waals surface area (Å²) < 4.78 is 15.2. The summed E-state index contributed by atoms with van der Waals surface area (Å²) in [6, 6.07) is 9.14. The van der Waals surface area contributed by atoms with Crippen LogP contribution in [0, 0.1) is 11.8 Å². The lowest BCUT2D eigenvalue weighted by atomic mass is 9.91. The molecule has 0 aliphatic heterocycles. The van der Waals surface area contributed by atoms with Crippen molar-refractivity contribution in [3.8, 4) is 0 Å². The quantitative estimate of drug-likeness (QED) is 0.431. The van der Waals surface area contributed by atoms with E-state index in [9.17, 15) is 19.2 Å². The molecule has 0 aliphatic carbocycles. The molecule has 0 radical (unpaired) electrons. The monoisotopic (exact) mass is 378 g/mol. The minimum Gasteiger partial charge on any atom is -0.465 e. The summed E-state index contributed by atoms with van der Waals surface area (Å²) in [5, 5.41) is 0. The molecule has 148 valence electrons. The molecule has 0 aliphatic rings. The van der Waals surface area contributed by atoms with Crippen LogP contribution in [0.2, 0.25) is 0 Å². The standard InChI is InChI=1S/C20H26O7/c1-4-19(23)17(12-25-14(2)21)10-18(13-26-15(3)22)20(24)27-11-16-8-6-5-7-9-16/h5-9,17-18H,4,10-13H2,1-3H3/t17-,18+/m1/s1. The number of ketones is 1. The highest BCUT2D eigenvalue weighted by atomic mass is 16.6. The fourth-order valence-corrected chi connectivity index (χ4v) is 2.44. The van der Waals surface area contributed by atoms with Crippen molar-refractivity contribution in [1.29, 1.82) is 0 Å². The summed E-state index contributed by atoms with van der Waals surface area (Å²) in [5.41, 5.74) is 0.818. The Morgan fingerprint density at radius 3 is 1.93 bits per heavy atom. The van der Waals surface area contributed by atoms with Crippen LogP contribution in [0.15, 0.2) is 30.3 Å². The van der Waals surface area contributed by atoms with Crippen molar-refractivity contribution in [3.63, 3.8) is 0 Å². The second-order valence-corrected chi connectivity index (χ2v) is 6.15. The first-order valence-corrected chi connectivity index (χ1v) is 8.83. The van der Waals surface area contributed by atoms with E-state index in [0.29, 0.717) is 0 Å². The summed E-state index contributed by atoms with van der Waals surface area (Å²) in [4.78, 5) is 46.8. The number of ether oxygens (including phenoxy) is 3. The Hall–Kier alpha value is -2.70. The first-order chi connectivity index (χ1) is 12.8. The fraction of sp³-hybridized carbons (Fsp3) is 0.500. The van der Waals surface area contributed by atoms with Crippen LogP contribution in [0.25, 0.3) is 0 Å². The highest BCUT2D eigenvalue weighted by Gasteiger charge is 2.29. The third kappa shape index (κ3) is 8.99. The Morgan fingerprint density at radius 1 is 0.852 bits per heavy atom. The number of carbonyl (C=O) groups is 4. The van der Waals surface area contributed by atoms with Crippen molar-refractivity contribution in [2.24, 2.45) is 11.8 Å². The molecule has 7 heteroatoms. The molecule has 1 rings (SSSR count). The van der Waals surface area contributed by atoms with E-state index in [1.165, 1.54) is 13.8 Å². The third-order valence-electron chi connectivity index (χ3n) is 3.91. The lowest BCUT2D eigenvalue weighted by Gasteiger charge is -2.21. The van der Waals surface area contributed by atoms with Gasteiger partial charge >= 0.3 is 17.9 Å². The van der Waals surface area contributed by atoms with E-state index in [0.717, 1.165) is 5.56 Å². The normalized spacial score (nSPS) is 12.6. The summed E-state index contributed by atoms with van der Waals surface area (Å²) >= 11 is 0. The molecule has 0 unspecified atom stereocenters. The summed E-state index contributed by atoms with van der Waals surface area (Å²) in [6.07, 6.45) is 0.312. The van der Waals surface area contributed by atoms with Gasteiger partial charge < -0.3 is 14.2 Å². The molecule has 1 aromatic rings. The zero-order valence-electron chi connectivity index (χ0n) is 15.9. The molecule has 0 N–H and O–H groups in total. The van der Waals surface area contributed by atoms with Crippen molar-refractivity contribution in [1.82, 2.24) is 0 Å². The number of Topliss-reactive ketones (excluding diaryl/α,β-unsaturated/α-hetero) is 1. The van der Waals surface area contributed by atoms with E-state index in [-0.39, 0.29) is 38.4 Å². The van der Waals surface area contributed by atoms with Crippen LogP contribution in [0.1, 0.15) is 39.2 Å². The Morgan fingerprint density at radius 2 is 1.41 bits per heavy atom. The number of rotatable bonds is 11. The lowest BCUT2D eigenvalue weighted by molar-refractivity contribution is -0.156. The average molecular weight is 378 g/mol. The van der Waals surface area contributed by atoms with E-state index >= 15 is 0 Å². The SMILES string of the molecule is CCC(=O)[C@@H](COC(C)=O)C[C@@H](COC(C)=O)C(=O)OCc1ccccc1. The Kier molecular flexibility index (Phi) is 9.79. The molecule has 27 heavy (non-hydrogen) atoms. The molecule has 0 saturated heterocycles. The third-order valence-corrected chi connectivity index (χ3v) is 3.91. The molecule has 2 atom stereocenters. The van der Waals surface area contributed by atoms with Gasteiger partial charge in [0.1, 0.15) is 25.6 Å². The predicted octanol–water partition coefficient (Wildman–Crippen LogP) is 2.46. The number of hydrogen-bond donors (Lipinski definition) is 0. The summed E-state index contributed by atoms with van der Waals surface area (Å²) in [6.45, 7) is 3.93. The molecule has 0 spiro atoms. The van der Waals surface area contributed by atoms with Crippen LogP contribution in [0.5, 0.6) is 0 Å². The van der Waals surface area contributed by atoms with Crippen molar-refractivity contribution >= 4 is 23.7 Å². The van der Waals surface area contributed by atoms with Gasteiger partial charge in [-0.05, 0) is 12.0 Å². The number of esters is 3. The van der Waals surface area contributed by atoms with E-state index in [1.807, 2.05) is 30.3 Å². The minimum atomic E-state index is -0.825. The summed E-state index contributed by atoms with van der Waals surface area (Å²) in [7, 11) is 0. The van der Waals surface area contributed by atoms with E-state index < -0.39 is 29.7 Å². The van der Waals surface area contributed by atoms with Crippen molar-refractivity contribution in [3.05, 3.63) is 35.9 Å². The van der Waals surface area contributed by atoms with Crippen LogP contribution >= 0.6 is 0 Å². The Labute approximate surface area is 159 Å². The Bertz CT molecular complexity index is 639. The van der Waals surface area contributed by atoms with Gasteiger partial charge in [0.2, 0.25) is 0 Å². The van der Waals surface area contributed by atoms with Gasteiger partial charge in [0.15, 0.2) is 0 Å². The first-order valence-electron chi connectivity index (χ1n) is 8.83. The zero-order chi connectivity index (χ0) is 20.2. The van der Waals surface area contributed by atoms with Crippen LogP contribution in [0.3, 0.4) is 0 Å². The molecular formula is C20H26O7. The molecule has 7 nitrogen and oxygen atoms in total. The summed E-state index contributed by atoms with van der Waals surface area (Å²) in [5.74, 6) is -3.24. The van der Waals surface area contributed by atoms with Crippen molar-refractivity contribution in [2.45, 2.75) is 40.2 Å². The lowest BCUT2D eigenvalue weighted by Crippen LogP contribution is -2.31. The van der Waals surface area contributed by atoms with Gasteiger partial charge in [0, 0.05) is 20.3 Å². The fourth-order valence-electron chi connectivity index (χ4n) is 2.44. The number of benzene rings is 1. The molecule has 0 heterocycles. The molecule has 1 aromatic carbocycles. The topological polar surface area (TPSA) is 96.0 Å². The smallest absolute Gasteiger partial charge is 0.312 e. The van der Waals surface area contributed by atoms with Crippen LogP contribution in [0.4, 0.5) is 0 Å². The van der Waals surface area contributed by atoms with Crippen LogP contribution in [-0.4, -0.2) is 36.9 Å². The van der Waals surface area contributed by atoms with Gasteiger partial charge in [-0.1, -0.05) is 37.3 Å². The minimum absolute atomic E-state index is 0.0703. The maximum Gasteiger partial charge on any atom is 0.312 e. The second kappa shape index (κ2) is 11.8. The highest BCUT2D eigenvalue weighted by Crippen LogP contribution is 2.19. The van der Waals surface area contributed by atoms with Crippen LogP contribution < -0.4 is 0 Å². The molecule has 0 aromatic heterocycles. The van der Waals surface area contributed by atoms with E-state index in [1.54, 1.807) is 6.92 Å². The molecular weight excluding hydrogens is 352 g/mol. The first kappa shape index (κ1) is 22.3. The maximum atomic E-state index is 12.5. The highest BCUT2D eigenvalue weighted by molar-refractivity contribution is 5.82. The van der Waals surface area contributed by atoms with E-state index in [4.69, 9.17) is 14.2 Å².